The summed E-state index contributed by atoms with van der Waals surface area (Å²) < 4.78 is 13.2. The number of Topliss-reactive ketones (excluding diaryl/α,β-unsaturated/α-hetero) is 1. The lowest BCUT2D eigenvalue weighted by Gasteiger charge is -2.31. The number of fused-ring (bicyclic) bond motifs is 1. The van der Waals surface area contributed by atoms with E-state index in [0.29, 0.717) is 24.5 Å². The van der Waals surface area contributed by atoms with E-state index in [0.717, 1.165) is 49.6 Å². The van der Waals surface area contributed by atoms with E-state index in [4.69, 9.17) is 9.47 Å². The van der Waals surface area contributed by atoms with Gasteiger partial charge in [-0.2, -0.15) is 5.10 Å². The number of carbonyl (C=O) groups excluding carboxylic acids is 1. The van der Waals surface area contributed by atoms with Crippen molar-refractivity contribution < 1.29 is 14.3 Å². The van der Waals surface area contributed by atoms with E-state index in [1.54, 1.807) is 12.4 Å². The topological polar surface area (TPSA) is 69.5 Å². The number of benzene rings is 1. The third kappa shape index (κ3) is 3.80. The molecule has 30 heavy (non-hydrogen) atoms. The van der Waals surface area contributed by atoms with Gasteiger partial charge in [0.25, 0.3) is 0 Å². The van der Waals surface area contributed by atoms with Crippen LogP contribution in [0.1, 0.15) is 23.2 Å². The molecule has 0 amide bonds. The maximum atomic E-state index is 13.0. The van der Waals surface area contributed by atoms with Crippen molar-refractivity contribution in [3.63, 3.8) is 0 Å². The molecule has 1 saturated heterocycles. The van der Waals surface area contributed by atoms with Crippen LogP contribution in [0.3, 0.4) is 0 Å². The highest BCUT2D eigenvalue weighted by Gasteiger charge is 2.27. The Kier molecular flexibility index (Phi) is 5.19. The summed E-state index contributed by atoms with van der Waals surface area (Å²) in [6.07, 6.45) is 7.11. The third-order valence-electron chi connectivity index (χ3n) is 5.81. The average molecular weight is 404 g/mol. The van der Waals surface area contributed by atoms with Gasteiger partial charge in [0.1, 0.15) is 13.2 Å². The predicted molar refractivity (Wildman–Crippen MR) is 112 cm³/mol. The summed E-state index contributed by atoms with van der Waals surface area (Å²) in [5.41, 5.74) is 2.89. The Balaban J connectivity index is 1.21. The molecule has 0 radical (unpaired) electrons. The Labute approximate surface area is 175 Å². The number of ketones is 1. The number of hydrogen-bond donors (Lipinski definition) is 0. The van der Waals surface area contributed by atoms with Gasteiger partial charge in [-0.05, 0) is 49.2 Å². The molecule has 1 fully saturated rings. The molecule has 2 aliphatic rings. The first-order chi connectivity index (χ1) is 14.8. The largest absolute Gasteiger partial charge is 0.486 e. The van der Waals surface area contributed by atoms with Gasteiger partial charge in [-0.3, -0.25) is 19.4 Å². The average Bonchev–Trinajstić information content (AvgIpc) is 3.27. The molecule has 0 aliphatic carbocycles. The maximum absolute atomic E-state index is 13.0. The number of aromatic nitrogens is 3. The molecular formula is C23H24N4O3. The van der Waals surface area contributed by atoms with E-state index >= 15 is 0 Å². The van der Waals surface area contributed by atoms with Gasteiger partial charge in [0.05, 0.1) is 12.4 Å². The van der Waals surface area contributed by atoms with Gasteiger partial charge in [0.2, 0.25) is 0 Å². The van der Waals surface area contributed by atoms with Crippen LogP contribution in [-0.2, 0) is 6.67 Å². The molecular weight excluding hydrogens is 380 g/mol. The first-order valence-electron chi connectivity index (χ1n) is 10.4. The van der Waals surface area contributed by atoms with Crippen molar-refractivity contribution in [2.75, 3.05) is 26.3 Å². The Morgan fingerprint density at radius 2 is 1.73 bits per heavy atom. The van der Waals surface area contributed by atoms with Gasteiger partial charge in [-0.25, -0.2) is 0 Å². The lowest BCUT2D eigenvalue weighted by Crippen LogP contribution is -2.37. The van der Waals surface area contributed by atoms with Crippen molar-refractivity contribution in [2.24, 2.45) is 5.92 Å². The van der Waals surface area contributed by atoms with E-state index in [-0.39, 0.29) is 11.7 Å². The summed E-state index contributed by atoms with van der Waals surface area (Å²) in [6.45, 7) is 3.54. The third-order valence-corrected chi connectivity index (χ3v) is 5.81. The van der Waals surface area contributed by atoms with E-state index in [1.165, 1.54) is 0 Å². The smallest absolute Gasteiger partial charge is 0.166 e. The zero-order valence-electron chi connectivity index (χ0n) is 16.7. The summed E-state index contributed by atoms with van der Waals surface area (Å²) in [5, 5.41) is 4.49. The zero-order valence-corrected chi connectivity index (χ0v) is 16.7. The highest BCUT2D eigenvalue weighted by atomic mass is 16.6. The first kappa shape index (κ1) is 18.8. The molecule has 154 valence electrons. The van der Waals surface area contributed by atoms with E-state index < -0.39 is 0 Å². The predicted octanol–water partition coefficient (Wildman–Crippen LogP) is 3.27. The standard InChI is InChI=1S/C23H24N4O3/c28-23(19-1-2-21-22(15-19)30-14-13-29-21)18-6-11-26(12-7-18)16-27-20(5-10-25-27)17-3-8-24-9-4-17/h1-5,8-10,15,18H,6-7,11-14,16H2. The molecule has 2 aliphatic heterocycles. The number of likely N-dealkylation sites (tertiary alicyclic amines) is 1. The molecule has 0 atom stereocenters. The normalized spacial score (nSPS) is 17.1. The Hall–Kier alpha value is -3.19. The van der Waals surface area contributed by atoms with E-state index in [1.807, 2.05) is 47.3 Å². The summed E-state index contributed by atoms with van der Waals surface area (Å²) in [7, 11) is 0. The fraction of sp³-hybridized carbons (Fsp3) is 0.348. The number of hydrogen-bond acceptors (Lipinski definition) is 6. The van der Waals surface area contributed by atoms with Gasteiger partial charge < -0.3 is 9.47 Å². The fourth-order valence-electron chi connectivity index (χ4n) is 4.17. The zero-order chi connectivity index (χ0) is 20.3. The minimum atomic E-state index is 0.0427. The SMILES string of the molecule is O=C(c1ccc2c(c1)OCCO2)C1CCN(Cn2nccc2-c2ccncc2)CC1. The summed E-state index contributed by atoms with van der Waals surface area (Å²) in [4.78, 5) is 19.4. The monoisotopic (exact) mass is 404 g/mol. The first-order valence-corrected chi connectivity index (χ1v) is 10.4. The quantitative estimate of drug-likeness (QED) is 0.608. The van der Waals surface area contributed by atoms with Gasteiger partial charge in [-0.1, -0.05) is 0 Å². The number of nitrogens with zero attached hydrogens (tertiary/aromatic N) is 4. The lowest BCUT2D eigenvalue weighted by molar-refractivity contribution is 0.0804. The fourth-order valence-corrected chi connectivity index (χ4v) is 4.17. The number of pyridine rings is 1. The molecule has 2 aromatic heterocycles. The molecule has 0 N–H and O–H groups in total. The van der Waals surface area contributed by atoms with Crippen LogP contribution < -0.4 is 9.47 Å². The molecule has 0 unspecified atom stereocenters. The second-order valence-corrected chi connectivity index (χ2v) is 7.71. The number of carbonyl (C=O) groups is 1. The van der Waals surface area contributed by atoms with Crippen LogP contribution in [0, 0.1) is 5.92 Å². The number of rotatable bonds is 5. The Morgan fingerprint density at radius 1 is 0.967 bits per heavy atom. The molecule has 1 aromatic carbocycles. The van der Waals surface area contributed by atoms with Crippen LogP contribution in [0.2, 0.25) is 0 Å². The van der Waals surface area contributed by atoms with Crippen molar-refractivity contribution in [2.45, 2.75) is 19.5 Å². The second-order valence-electron chi connectivity index (χ2n) is 7.71. The summed E-state index contributed by atoms with van der Waals surface area (Å²) in [6, 6.07) is 11.5. The molecule has 3 aromatic rings. The summed E-state index contributed by atoms with van der Waals surface area (Å²) >= 11 is 0. The highest BCUT2D eigenvalue weighted by molar-refractivity contribution is 5.98. The molecule has 0 saturated carbocycles. The minimum absolute atomic E-state index is 0.0427. The molecule has 5 rings (SSSR count). The van der Waals surface area contributed by atoms with Crippen LogP contribution >= 0.6 is 0 Å². The van der Waals surface area contributed by atoms with Crippen LogP contribution in [0.4, 0.5) is 0 Å². The van der Waals surface area contributed by atoms with Crippen LogP contribution in [0.25, 0.3) is 11.3 Å². The minimum Gasteiger partial charge on any atom is -0.486 e. The van der Waals surface area contributed by atoms with Gasteiger partial charge >= 0.3 is 0 Å². The second kappa shape index (κ2) is 8.28. The number of ether oxygens (including phenoxy) is 2. The summed E-state index contributed by atoms with van der Waals surface area (Å²) in [5.74, 6) is 1.63. The lowest BCUT2D eigenvalue weighted by atomic mass is 9.89. The van der Waals surface area contributed by atoms with Gasteiger partial charge in [0, 0.05) is 48.7 Å². The van der Waals surface area contributed by atoms with Crippen molar-refractivity contribution >= 4 is 5.78 Å². The molecule has 7 heteroatoms. The van der Waals surface area contributed by atoms with E-state index in [9.17, 15) is 4.79 Å². The number of piperidine rings is 1. The van der Waals surface area contributed by atoms with Gasteiger partial charge in [-0.15, -0.1) is 0 Å². The Morgan fingerprint density at radius 3 is 2.53 bits per heavy atom. The molecule has 4 heterocycles. The molecule has 7 nitrogen and oxygen atoms in total. The van der Waals surface area contributed by atoms with Crippen molar-refractivity contribution in [1.29, 1.82) is 0 Å². The van der Waals surface area contributed by atoms with Crippen molar-refractivity contribution in [3.8, 4) is 22.8 Å². The highest BCUT2D eigenvalue weighted by Crippen LogP contribution is 2.32. The maximum Gasteiger partial charge on any atom is 0.166 e. The Bertz CT molecular complexity index is 1030. The van der Waals surface area contributed by atoms with Gasteiger partial charge in [0.15, 0.2) is 17.3 Å². The molecule has 0 spiro atoms. The van der Waals surface area contributed by atoms with Crippen LogP contribution in [-0.4, -0.2) is 51.8 Å². The van der Waals surface area contributed by atoms with E-state index in [2.05, 4.69) is 15.0 Å². The van der Waals surface area contributed by atoms with Crippen LogP contribution in [0.15, 0.2) is 55.0 Å². The molecule has 0 bridgehead atoms. The van der Waals surface area contributed by atoms with Crippen LogP contribution in [0.5, 0.6) is 11.5 Å². The van der Waals surface area contributed by atoms with Crippen molar-refractivity contribution in [3.05, 3.63) is 60.6 Å². The van der Waals surface area contributed by atoms with Crippen molar-refractivity contribution in [1.82, 2.24) is 19.7 Å².